The number of nitrogens with zero attached hydrogens (tertiary/aromatic N) is 6. The molecule has 7 heteroatoms. The van der Waals surface area contributed by atoms with Crippen molar-refractivity contribution in [2.24, 2.45) is 0 Å². The van der Waals surface area contributed by atoms with Gasteiger partial charge in [0.25, 0.3) is 0 Å². The molecule has 0 unspecified atom stereocenters. The van der Waals surface area contributed by atoms with Crippen LogP contribution < -0.4 is 10.6 Å². The molecule has 0 N–H and O–H groups in total. The Balaban J connectivity index is 1.42. The smallest absolute Gasteiger partial charge is 0.158 e. The molecule has 0 fully saturated rings. The molecule has 33 heavy (non-hydrogen) atoms. The summed E-state index contributed by atoms with van der Waals surface area (Å²) in [5.41, 5.74) is 1.82. The monoisotopic (exact) mass is 446 g/mol. The summed E-state index contributed by atoms with van der Waals surface area (Å²) in [6.45, 7) is 4.59. The quantitative estimate of drug-likeness (QED) is 0.384. The fourth-order valence-corrected chi connectivity index (χ4v) is 6.32. The Kier molecular flexibility index (Phi) is 4.44. The summed E-state index contributed by atoms with van der Waals surface area (Å²) in [6, 6.07) is 24.6. The third-order valence-corrected chi connectivity index (χ3v) is 9.26. The van der Waals surface area contributed by atoms with Crippen molar-refractivity contribution in [1.82, 2.24) is 29.1 Å². The number of hydrogen-bond acceptors (Lipinski definition) is 4. The molecule has 0 aliphatic rings. The maximum Gasteiger partial charge on any atom is 0.158 e. The summed E-state index contributed by atoms with van der Waals surface area (Å²) in [7, 11) is -2.17. The van der Waals surface area contributed by atoms with Crippen LogP contribution in [-0.2, 0) is 0 Å². The van der Waals surface area contributed by atoms with Gasteiger partial charge in [0.2, 0.25) is 0 Å². The van der Waals surface area contributed by atoms with Crippen molar-refractivity contribution in [3.05, 3.63) is 97.6 Å². The van der Waals surface area contributed by atoms with Crippen LogP contribution in [0, 0.1) is 0 Å². The van der Waals surface area contributed by atoms with Crippen molar-refractivity contribution in [3.8, 4) is 11.6 Å². The predicted molar refractivity (Wildman–Crippen MR) is 134 cm³/mol. The Bertz CT molecular complexity index is 1490. The van der Waals surface area contributed by atoms with E-state index in [0.717, 1.165) is 44.3 Å². The summed E-state index contributed by atoms with van der Waals surface area (Å²) in [6.07, 6.45) is 7.69. The molecule has 0 amide bonds. The highest BCUT2D eigenvalue weighted by atomic mass is 28.3. The fraction of sp³-hybridized carbons (Fsp3) is 0.0769. The standard InChI is InChI=1S/C26H22N6Si/c1-33(2,23-11-3-9-21(29-23)31-17-13-19-7-5-15-27-25(19)31)24-12-4-10-22(30-24)32-18-14-20-8-6-16-28-26(20)32/h3-18H,1-2H3. The van der Waals surface area contributed by atoms with E-state index in [2.05, 4.69) is 71.6 Å². The van der Waals surface area contributed by atoms with Gasteiger partial charge in [-0.3, -0.25) is 9.13 Å². The van der Waals surface area contributed by atoms with Crippen molar-refractivity contribution in [2.45, 2.75) is 13.1 Å². The van der Waals surface area contributed by atoms with Gasteiger partial charge in [-0.15, -0.1) is 0 Å². The van der Waals surface area contributed by atoms with Crippen molar-refractivity contribution in [1.29, 1.82) is 0 Å². The average molecular weight is 447 g/mol. The Morgan fingerprint density at radius 2 is 1.06 bits per heavy atom. The highest BCUT2D eigenvalue weighted by Gasteiger charge is 2.30. The summed E-state index contributed by atoms with van der Waals surface area (Å²) >= 11 is 0. The van der Waals surface area contributed by atoms with E-state index in [9.17, 15) is 0 Å². The minimum atomic E-state index is -2.17. The van der Waals surface area contributed by atoms with E-state index in [4.69, 9.17) is 9.97 Å². The van der Waals surface area contributed by atoms with Gasteiger partial charge < -0.3 is 0 Å². The lowest BCUT2D eigenvalue weighted by atomic mass is 10.3. The Labute approximate surface area is 192 Å². The van der Waals surface area contributed by atoms with Crippen molar-refractivity contribution >= 4 is 40.8 Å². The van der Waals surface area contributed by atoms with Gasteiger partial charge in [-0.05, 0) is 60.7 Å². The number of fused-ring (bicyclic) bond motifs is 2. The molecule has 6 aromatic heterocycles. The van der Waals surface area contributed by atoms with Gasteiger partial charge >= 0.3 is 0 Å². The first kappa shape index (κ1) is 19.6. The molecule has 0 saturated heterocycles. The maximum atomic E-state index is 5.08. The van der Waals surface area contributed by atoms with Gasteiger partial charge in [0.15, 0.2) is 8.07 Å². The van der Waals surface area contributed by atoms with Gasteiger partial charge in [-0.2, -0.15) is 0 Å². The second-order valence-corrected chi connectivity index (χ2v) is 12.9. The Morgan fingerprint density at radius 3 is 1.55 bits per heavy atom. The third-order valence-electron chi connectivity index (χ3n) is 6.14. The first-order chi connectivity index (χ1) is 16.1. The predicted octanol–water partition coefficient (Wildman–Crippen LogP) is 3.98. The van der Waals surface area contributed by atoms with Crippen LogP contribution in [0.2, 0.25) is 13.1 Å². The Morgan fingerprint density at radius 1 is 0.576 bits per heavy atom. The highest BCUT2D eigenvalue weighted by molar-refractivity contribution is 6.99. The van der Waals surface area contributed by atoms with Crippen molar-refractivity contribution in [3.63, 3.8) is 0 Å². The average Bonchev–Trinajstić information content (AvgIpc) is 3.49. The van der Waals surface area contributed by atoms with Crippen LogP contribution in [0.3, 0.4) is 0 Å². The molecule has 0 atom stereocenters. The molecule has 0 aliphatic carbocycles. The van der Waals surface area contributed by atoms with E-state index in [0.29, 0.717) is 0 Å². The van der Waals surface area contributed by atoms with Crippen molar-refractivity contribution < 1.29 is 0 Å². The molecule has 0 aliphatic heterocycles. The van der Waals surface area contributed by atoms with E-state index in [1.165, 1.54) is 0 Å². The summed E-state index contributed by atoms with van der Waals surface area (Å²) in [5.74, 6) is 1.75. The van der Waals surface area contributed by atoms with Crippen LogP contribution in [0.4, 0.5) is 0 Å². The normalized spacial score (nSPS) is 11.9. The number of rotatable bonds is 4. The first-order valence-corrected chi connectivity index (χ1v) is 13.9. The van der Waals surface area contributed by atoms with Gasteiger partial charge in [-0.1, -0.05) is 25.2 Å². The SMILES string of the molecule is C[Si](C)(c1cccc(-n2ccc3cccnc32)n1)c1cccc(-n2ccc3cccnc32)n1. The molecule has 0 saturated carbocycles. The number of hydrogen-bond donors (Lipinski definition) is 0. The van der Waals surface area contributed by atoms with Gasteiger partial charge in [0.05, 0.1) is 0 Å². The largest absolute Gasteiger partial charge is 0.285 e. The molecule has 6 heterocycles. The topological polar surface area (TPSA) is 61.4 Å². The molecule has 0 radical (unpaired) electrons. The molecule has 6 aromatic rings. The molecule has 0 bridgehead atoms. The molecule has 160 valence electrons. The molecule has 6 rings (SSSR count). The van der Waals surface area contributed by atoms with Gasteiger partial charge in [0.1, 0.15) is 22.9 Å². The zero-order valence-corrected chi connectivity index (χ0v) is 19.4. The van der Waals surface area contributed by atoms with Crippen LogP contribution in [0.1, 0.15) is 0 Å². The molecule has 0 aromatic carbocycles. The lowest BCUT2D eigenvalue weighted by Crippen LogP contribution is -2.55. The number of aromatic nitrogens is 6. The van der Waals surface area contributed by atoms with Crippen LogP contribution in [0.15, 0.2) is 97.6 Å². The lowest BCUT2D eigenvalue weighted by Gasteiger charge is -2.22. The van der Waals surface area contributed by atoms with Crippen LogP contribution in [0.5, 0.6) is 0 Å². The first-order valence-electron chi connectivity index (χ1n) is 10.9. The zero-order chi connectivity index (χ0) is 22.4. The van der Waals surface area contributed by atoms with Gasteiger partial charge in [-0.25, -0.2) is 19.9 Å². The summed E-state index contributed by atoms with van der Waals surface area (Å²) in [4.78, 5) is 19.3. The Hall–Kier alpha value is -4.10. The summed E-state index contributed by atoms with van der Waals surface area (Å²) < 4.78 is 4.09. The van der Waals surface area contributed by atoms with E-state index in [1.54, 1.807) is 0 Å². The molecule has 0 spiro atoms. The zero-order valence-electron chi connectivity index (χ0n) is 18.4. The van der Waals surface area contributed by atoms with E-state index < -0.39 is 8.07 Å². The minimum Gasteiger partial charge on any atom is -0.285 e. The summed E-state index contributed by atoms with van der Waals surface area (Å²) in [5, 5.41) is 4.36. The minimum absolute atomic E-state index is 0.874. The van der Waals surface area contributed by atoms with Crippen LogP contribution in [-0.4, -0.2) is 37.1 Å². The molecular weight excluding hydrogens is 424 g/mol. The fourth-order valence-electron chi connectivity index (χ4n) is 4.24. The van der Waals surface area contributed by atoms with E-state index in [1.807, 2.05) is 58.2 Å². The maximum absolute atomic E-state index is 5.08. The van der Waals surface area contributed by atoms with E-state index in [-0.39, 0.29) is 0 Å². The van der Waals surface area contributed by atoms with Gasteiger partial charge in [0, 0.05) is 46.2 Å². The highest BCUT2D eigenvalue weighted by Crippen LogP contribution is 2.18. The molecular formula is C26H22N6Si. The second-order valence-electron chi connectivity index (χ2n) is 8.59. The van der Waals surface area contributed by atoms with Crippen LogP contribution in [0.25, 0.3) is 33.7 Å². The van der Waals surface area contributed by atoms with E-state index >= 15 is 0 Å². The molecule has 6 nitrogen and oxygen atoms in total. The lowest BCUT2D eigenvalue weighted by molar-refractivity contribution is 1.03. The third kappa shape index (κ3) is 3.25. The number of pyridine rings is 4. The van der Waals surface area contributed by atoms with Crippen molar-refractivity contribution in [2.75, 3.05) is 0 Å². The van der Waals surface area contributed by atoms with Crippen LogP contribution >= 0.6 is 0 Å². The second kappa shape index (κ2) is 7.49.